The molecule has 5 heteroatoms. The highest BCUT2D eigenvalue weighted by atomic mass is 15.3. The van der Waals surface area contributed by atoms with Crippen LogP contribution in [-0.2, 0) is 0 Å². The quantitative estimate of drug-likeness (QED) is 0.849. The van der Waals surface area contributed by atoms with Crippen LogP contribution in [0.2, 0.25) is 0 Å². The first-order chi connectivity index (χ1) is 13.6. The van der Waals surface area contributed by atoms with Gasteiger partial charge in [0.2, 0.25) is 5.95 Å². The summed E-state index contributed by atoms with van der Waals surface area (Å²) in [6, 6.07) is 9.27. The zero-order chi connectivity index (χ0) is 19.5. The Morgan fingerprint density at radius 1 is 0.893 bits per heavy atom. The second-order valence-corrected chi connectivity index (χ2v) is 8.36. The summed E-state index contributed by atoms with van der Waals surface area (Å²) in [4.78, 5) is 14.4. The van der Waals surface area contributed by atoms with E-state index >= 15 is 0 Å². The molecule has 0 bridgehead atoms. The average molecular weight is 380 g/mol. The van der Waals surface area contributed by atoms with Crippen molar-refractivity contribution in [3.8, 4) is 0 Å². The summed E-state index contributed by atoms with van der Waals surface area (Å²) in [6.07, 6.45) is 6.47. The number of rotatable bonds is 4. The zero-order valence-electron chi connectivity index (χ0n) is 17.5. The van der Waals surface area contributed by atoms with Gasteiger partial charge < -0.3 is 15.1 Å². The van der Waals surface area contributed by atoms with Crippen LogP contribution in [0.25, 0.3) is 0 Å². The van der Waals surface area contributed by atoms with Gasteiger partial charge in [-0.2, -0.15) is 4.98 Å². The van der Waals surface area contributed by atoms with Crippen molar-refractivity contribution in [3.05, 3.63) is 41.1 Å². The fraction of sp³-hybridized carbons (Fsp3) is 0.565. The highest BCUT2D eigenvalue weighted by molar-refractivity contribution is 5.57. The standard InChI is InChI=1S/C23H33N5/c1-17-8-7-11-21(19(17)3)27-12-14-28(15-13-27)22-16-18(2)24-23(26-22)25-20-9-5-4-6-10-20/h7-8,11,16,20H,4-6,9-10,12-15H2,1-3H3,(H,24,25,26). The molecule has 1 aliphatic heterocycles. The molecule has 4 rings (SSSR count). The number of aromatic nitrogens is 2. The van der Waals surface area contributed by atoms with Gasteiger partial charge in [0.05, 0.1) is 0 Å². The van der Waals surface area contributed by atoms with Crippen molar-refractivity contribution in [2.24, 2.45) is 0 Å². The number of nitrogens with one attached hydrogen (secondary N) is 1. The molecule has 5 nitrogen and oxygen atoms in total. The first-order valence-corrected chi connectivity index (χ1v) is 10.8. The van der Waals surface area contributed by atoms with Gasteiger partial charge >= 0.3 is 0 Å². The zero-order valence-corrected chi connectivity index (χ0v) is 17.5. The SMILES string of the molecule is Cc1cc(N2CCN(c3cccc(C)c3C)CC2)nc(NC2CCCCC2)n1. The molecule has 150 valence electrons. The van der Waals surface area contributed by atoms with Crippen LogP contribution in [0.15, 0.2) is 24.3 Å². The van der Waals surface area contributed by atoms with Gasteiger partial charge in [-0.15, -0.1) is 0 Å². The summed E-state index contributed by atoms with van der Waals surface area (Å²) >= 11 is 0. The topological polar surface area (TPSA) is 44.3 Å². The van der Waals surface area contributed by atoms with Gasteiger partial charge in [0, 0.05) is 49.7 Å². The van der Waals surface area contributed by atoms with Crippen LogP contribution in [0, 0.1) is 20.8 Å². The Morgan fingerprint density at radius 2 is 1.61 bits per heavy atom. The van der Waals surface area contributed by atoms with Crippen molar-refractivity contribution in [2.45, 2.75) is 58.9 Å². The largest absolute Gasteiger partial charge is 0.368 e. The monoisotopic (exact) mass is 379 g/mol. The number of aryl methyl sites for hydroxylation is 2. The minimum Gasteiger partial charge on any atom is -0.368 e. The van der Waals surface area contributed by atoms with Crippen LogP contribution < -0.4 is 15.1 Å². The molecule has 0 unspecified atom stereocenters. The Hall–Kier alpha value is -2.30. The van der Waals surface area contributed by atoms with Crippen molar-refractivity contribution >= 4 is 17.5 Å². The van der Waals surface area contributed by atoms with E-state index in [0.717, 1.165) is 43.6 Å². The van der Waals surface area contributed by atoms with Gasteiger partial charge in [0.15, 0.2) is 0 Å². The summed E-state index contributed by atoms with van der Waals surface area (Å²) in [5.41, 5.74) is 5.18. The lowest BCUT2D eigenvalue weighted by Crippen LogP contribution is -2.47. The smallest absolute Gasteiger partial charge is 0.225 e. The summed E-state index contributed by atoms with van der Waals surface area (Å²) in [6.45, 7) is 10.5. The predicted octanol–water partition coefficient (Wildman–Crippen LogP) is 4.47. The maximum atomic E-state index is 4.87. The Kier molecular flexibility index (Phi) is 5.69. The van der Waals surface area contributed by atoms with Crippen LogP contribution in [0.4, 0.5) is 17.5 Å². The second-order valence-electron chi connectivity index (χ2n) is 8.36. The molecule has 0 spiro atoms. The van der Waals surface area contributed by atoms with Crippen LogP contribution in [0.3, 0.4) is 0 Å². The predicted molar refractivity (Wildman–Crippen MR) is 118 cm³/mol. The first-order valence-electron chi connectivity index (χ1n) is 10.8. The lowest BCUT2D eigenvalue weighted by atomic mass is 9.96. The lowest BCUT2D eigenvalue weighted by Gasteiger charge is -2.37. The lowest BCUT2D eigenvalue weighted by molar-refractivity contribution is 0.460. The van der Waals surface area contributed by atoms with E-state index in [-0.39, 0.29) is 0 Å². The van der Waals surface area contributed by atoms with Gasteiger partial charge in [-0.05, 0) is 50.8 Å². The molecule has 1 aliphatic carbocycles. The minimum absolute atomic E-state index is 0.532. The van der Waals surface area contributed by atoms with Crippen molar-refractivity contribution in [1.29, 1.82) is 0 Å². The van der Waals surface area contributed by atoms with Crippen molar-refractivity contribution in [2.75, 3.05) is 41.3 Å². The maximum absolute atomic E-state index is 4.87. The summed E-state index contributed by atoms with van der Waals surface area (Å²) < 4.78 is 0. The van der Waals surface area contributed by atoms with Crippen LogP contribution in [0.1, 0.15) is 48.9 Å². The van der Waals surface area contributed by atoms with Gasteiger partial charge in [-0.1, -0.05) is 31.4 Å². The van der Waals surface area contributed by atoms with Crippen LogP contribution in [-0.4, -0.2) is 42.2 Å². The van der Waals surface area contributed by atoms with Gasteiger partial charge in [0.1, 0.15) is 5.82 Å². The van der Waals surface area contributed by atoms with Crippen molar-refractivity contribution < 1.29 is 0 Å². The molecule has 0 atom stereocenters. The molecule has 1 saturated carbocycles. The number of nitrogens with zero attached hydrogens (tertiary/aromatic N) is 4. The van der Waals surface area contributed by atoms with E-state index in [1.165, 1.54) is 48.9 Å². The van der Waals surface area contributed by atoms with Gasteiger partial charge in [-0.25, -0.2) is 4.98 Å². The fourth-order valence-electron chi connectivity index (χ4n) is 4.46. The minimum atomic E-state index is 0.532. The molecule has 2 aromatic rings. The number of hydrogen-bond acceptors (Lipinski definition) is 5. The van der Waals surface area contributed by atoms with E-state index in [1.807, 2.05) is 0 Å². The van der Waals surface area contributed by atoms with Crippen molar-refractivity contribution in [1.82, 2.24) is 9.97 Å². The maximum Gasteiger partial charge on any atom is 0.225 e. The molecule has 28 heavy (non-hydrogen) atoms. The van der Waals surface area contributed by atoms with Crippen LogP contribution >= 0.6 is 0 Å². The second kappa shape index (κ2) is 8.38. The van der Waals surface area contributed by atoms with E-state index in [1.54, 1.807) is 0 Å². The third kappa shape index (κ3) is 4.23. The molecule has 1 saturated heterocycles. The molecule has 0 amide bonds. The highest BCUT2D eigenvalue weighted by Crippen LogP contribution is 2.26. The summed E-state index contributed by atoms with van der Waals surface area (Å²) in [5, 5.41) is 3.59. The average Bonchev–Trinajstić information content (AvgIpc) is 2.71. The number of anilines is 3. The molecular formula is C23H33N5. The van der Waals surface area contributed by atoms with E-state index in [0.29, 0.717) is 6.04 Å². The molecule has 1 N–H and O–H groups in total. The Morgan fingerprint density at radius 3 is 2.36 bits per heavy atom. The Balaban J connectivity index is 1.43. The number of benzene rings is 1. The first kappa shape index (κ1) is 19.0. The third-order valence-corrected chi connectivity index (χ3v) is 6.30. The molecule has 1 aromatic carbocycles. The van der Waals surface area contributed by atoms with E-state index in [2.05, 4.69) is 65.1 Å². The van der Waals surface area contributed by atoms with E-state index < -0.39 is 0 Å². The fourth-order valence-corrected chi connectivity index (χ4v) is 4.46. The summed E-state index contributed by atoms with van der Waals surface area (Å²) in [5.74, 6) is 1.87. The molecule has 2 fully saturated rings. The van der Waals surface area contributed by atoms with E-state index in [4.69, 9.17) is 4.98 Å². The van der Waals surface area contributed by atoms with Gasteiger partial charge in [0.25, 0.3) is 0 Å². The van der Waals surface area contributed by atoms with E-state index in [9.17, 15) is 0 Å². The van der Waals surface area contributed by atoms with Crippen LogP contribution in [0.5, 0.6) is 0 Å². The third-order valence-electron chi connectivity index (χ3n) is 6.30. The molecule has 2 aliphatic rings. The Bertz CT molecular complexity index is 805. The summed E-state index contributed by atoms with van der Waals surface area (Å²) in [7, 11) is 0. The highest BCUT2D eigenvalue weighted by Gasteiger charge is 2.21. The molecule has 1 aromatic heterocycles. The van der Waals surface area contributed by atoms with Crippen molar-refractivity contribution in [3.63, 3.8) is 0 Å². The molecule has 2 heterocycles. The number of hydrogen-bond donors (Lipinski definition) is 1. The normalized spacial score (nSPS) is 18.4. The number of piperazine rings is 1. The molecular weight excluding hydrogens is 346 g/mol. The molecule has 0 radical (unpaired) electrons. The Labute approximate surface area is 169 Å². The van der Waals surface area contributed by atoms with Gasteiger partial charge in [-0.3, -0.25) is 0 Å².